The highest BCUT2D eigenvalue weighted by Gasteiger charge is 2.56. The summed E-state index contributed by atoms with van der Waals surface area (Å²) in [4.78, 5) is 2.18. The molecule has 0 spiro atoms. The van der Waals surface area contributed by atoms with Gasteiger partial charge < -0.3 is 21.9 Å². The van der Waals surface area contributed by atoms with Gasteiger partial charge in [-0.2, -0.15) is 4.57 Å². The molecule has 20 heavy (non-hydrogen) atoms. The van der Waals surface area contributed by atoms with Crippen LogP contribution < -0.4 is 26.4 Å². The summed E-state index contributed by atoms with van der Waals surface area (Å²) in [5, 5.41) is 0. The first-order valence-corrected chi connectivity index (χ1v) is 7.84. The number of rotatable bonds is 2. The van der Waals surface area contributed by atoms with Crippen LogP contribution in [0.25, 0.3) is 0 Å². The standard InChI is InChI=1S/C17H25N2.BrH/c1-18(2)16-3-5-19(6-4-16)17-10-13-7-14(11-17)9-15(8-13)12-17;/h3-6,13-15H,7-12H2,1-2H3;1H/q+1;/p-1. The van der Waals surface area contributed by atoms with E-state index < -0.39 is 0 Å². The number of halogens is 1. The maximum Gasteiger partial charge on any atom is 0.171 e. The molecule has 4 fully saturated rings. The zero-order valence-corrected chi connectivity index (χ0v) is 14.1. The van der Waals surface area contributed by atoms with Gasteiger partial charge in [-0.05, 0) is 37.0 Å². The van der Waals surface area contributed by atoms with Gasteiger partial charge in [-0.25, -0.2) is 0 Å². The average Bonchev–Trinajstić information content (AvgIpc) is 2.37. The van der Waals surface area contributed by atoms with Crippen molar-refractivity contribution in [3.05, 3.63) is 24.5 Å². The summed E-state index contributed by atoms with van der Waals surface area (Å²) in [5.74, 6) is 3.06. The summed E-state index contributed by atoms with van der Waals surface area (Å²) >= 11 is 0. The Kier molecular flexibility index (Phi) is 3.60. The SMILES string of the molecule is CN(C)c1cc[n+](C23CC4CC(CC(C4)C2)C3)cc1.[Br-]. The Morgan fingerprint density at radius 1 is 0.950 bits per heavy atom. The number of nitrogens with zero attached hydrogens (tertiary/aromatic N) is 2. The lowest BCUT2D eigenvalue weighted by atomic mass is 9.53. The summed E-state index contributed by atoms with van der Waals surface area (Å²) in [7, 11) is 4.23. The van der Waals surface area contributed by atoms with Crippen molar-refractivity contribution in [3.8, 4) is 0 Å². The molecule has 4 aliphatic carbocycles. The third kappa shape index (κ3) is 2.18. The van der Waals surface area contributed by atoms with Crippen LogP contribution in [0.3, 0.4) is 0 Å². The predicted molar refractivity (Wildman–Crippen MR) is 77.1 cm³/mol. The van der Waals surface area contributed by atoms with E-state index in [0.29, 0.717) is 5.54 Å². The normalized spacial score (nSPS) is 37.6. The fourth-order valence-corrected chi connectivity index (χ4v) is 5.41. The Hall–Kier alpha value is -0.570. The van der Waals surface area contributed by atoms with Crippen molar-refractivity contribution in [2.45, 2.75) is 44.1 Å². The van der Waals surface area contributed by atoms with Crippen molar-refractivity contribution in [2.24, 2.45) is 17.8 Å². The lowest BCUT2D eigenvalue weighted by Gasteiger charge is -2.53. The second-order valence-corrected chi connectivity index (χ2v) is 7.50. The van der Waals surface area contributed by atoms with Gasteiger partial charge in [-0.15, -0.1) is 0 Å². The maximum atomic E-state index is 2.56. The van der Waals surface area contributed by atoms with Gasteiger partial charge in [0.05, 0.1) is 0 Å². The molecule has 1 aromatic heterocycles. The molecule has 1 aromatic rings. The van der Waals surface area contributed by atoms with Gasteiger partial charge >= 0.3 is 0 Å². The summed E-state index contributed by atoms with van der Waals surface area (Å²) in [6, 6.07) is 4.55. The minimum atomic E-state index is 0. The first kappa shape index (κ1) is 14.4. The van der Waals surface area contributed by atoms with E-state index in [1.807, 2.05) is 0 Å². The molecular formula is C17H25BrN2. The first-order chi connectivity index (χ1) is 9.14. The molecule has 0 saturated heterocycles. The Morgan fingerprint density at radius 3 is 1.80 bits per heavy atom. The second-order valence-electron chi connectivity index (χ2n) is 7.50. The number of anilines is 1. The molecule has 2 nitrogen and oxygen atoms in total. The van der Waals surface area contributed by atoms with E-state index in [0.717, 1.165) is 17.8 Å². The molecule has 0 aromatic carbocycles. The summed E-state index contributed by atoms with van der Waals surface area (Å²) < 4.78 is 2.56. The fraction of sp³-hybridized carbons (Fsp3) is 0.706. The Morgan fingerprint density at radius 2 is 1.40 bits per heavy atom. The van der Waals surface area contributed by atoms with Crippen LogP contribution >= 0.6 is 0 Å². The first-order valence-electron chi connectivity index (χ1n) is 7.84. The van der Waals surface area contributed by atoms with Crippen molar-refractivity contribution < 1.29 is 21.5 Å². The molecule has 0 amide bonds. The smallest absolute Gasteiger partial charge is 0.171 e. The Labute approximate surface area is 132 Å². The minimum absolute atomic E-state index is 0. The molecule has 0 aliphatic heterocycles. The number of pyridine rings is 1. The van der Waals surface area contributed by atoms with E-state index in [-0.39, 0.29) is 17.0 Å². The van der Waals surface area contributed by atoms with E-state index in [1.54, 1.807) is 0 Å². The third-order valence-electron chi connectivity index (χ3n) is 5.88. The molecule has 0 N–H and O–H groups in total. The van der Waals surface area contributed by atoms with Crippen LogP contribution in [0.1, 0.15) is 38.5 Å². The average molecular weight is 337 g/mol. The van der Waals surface area contributed by atoms with Gasteiger partial charge in [0.15, 0.2) is 17.9 Å². The van der Waals surface area contributed by atoms with Gasteiger partial charge in [-0.1, -0.05) is 0 Å². The molecule has 110 valence electrons. The quantitative estimate of drug-likeness (QED) is 0.688. The van der Waals surface area contributed by atoms with Crippen LogP contribution in [-0.2, 0) is 5.54 Å². The van der Waals surface area contributed by atoms with Crippen molar-refractivity contribution in [1.82, 2.24) is 0 Å². The largest absolute Gasteiger partial charge is 1.00 e. The molecule has 4 bridgehead atoms. The van der Waals surface area contributed by atoms with Crippen molar-refractivity contribution in [3.63, 3.8) is 0 Å². The van der Waals surface area contributed by atoms with Crippen LogP contribution in [-0.4, -0.2) is 14.1 Å². The van der Waals surface area contributed by atoms with E-state index in [9.17, 15) is 0 Å². The van der Waals surface area contributed by atoms with Crippen molar-refractivity contribution in [2.75, 3.05) is 19.0 Å². The highest BCUT2D eigenvalue weighted by atomic mass is 79.9. The number of aromatic nitrogens is 1. The summed E-state index contributed by atoms with van der Waals surface area (Å²) in [5.41, 5.74) is 1.78. The van der Waals surface area contributed by atoms with Gasteiger partial charge in [0, 0.05) is 51.2 Å². The molecule has 5 rings (SSSR count). The molecule has 1 heterocycles. The van der Waals surface area contributed by atoms with E-state index in [1.165, 1.54) is 44.2 Å². The molecule has 4 aliphatic rings. The molecule has 4 saturated carbocycles. The van der Waals surface area contributed by atoms with Crippen molar-refractivity contribution in [1.29, 1.82) is 0 Å². The lowest BCUT2D eigenvalue weighted by Crippen LogP contribution is -3.00. The number of hydrogen-bond acceptors (Lipinski definition) is 1. The molecule has 0 radical (unpaired) electrons. The lowest BCUT2D eigenvalue weighted by molar-refractivity contribution is -0.776. The minimum Gasteiger partial charge on any atom is -1.00 e. The van der Waals surface area contributed by atoms with Crippen LogP contribution in [0.15, 0.2) is 24.5 Å². The third-order valence-corrected chi connectivity index (χ3v) is 5.88. The summed E-state index contributed by atoms with van der Waals surface area (Å²) in [6.45, 7) is 0. The van der Waals surface area contributed by atoms with Crippen LogP contribution in [0, 0.1) is 17.8 Å². The fourth-order valence-electron chi connectivity index (χ4n) is 5.41. The van der Waals surface area contributed by atoms with E-state index >= 15 is 0 Å². The summed E-state index contributed by atoms with van der Waals surface area (Å²) in [6.07, 6.45) is 13.5. The zero-order chi connectivity index (χ0) is 13.0. The molecule has 3 heteroatoms. The highest BCUT2D eigenvalue weighted by molar-refractivity contribution is 5.41. The van der Waals surface area contributed by atoms with Gasteiger partial charge in [-0.3, -0.25) is 0 Å². The van der Waals surface area contributed by atoms with Crippen LogP contribution in [0.5, 0.6) is 0 Å². The maximum absolute atomic E-state index is 2.56. The van der Waals surface area contributed by atoms with Crippen molar-refractivity contribution >= 4 is 5.69 Å². The van der Waals surface area contributed by atoms with Gasteiger partial charge in [0.1, 0.15) is 0 Å². The zero-order valence-electron chi connectivity index (χ0n) is 12.6. The molecule has 0 unspecified atom stereocenters. The van der Waals surface area contributed by atoms with Crippen LogP contribution in [0.4, 0.5) is 5.69 Å². The monoisotopic (exact) mass is 336 g/mol. The van der Waals surface area contributed by atoms with E-state index in [4.69, 9.17) is 0 Å². The van der Waals surface area contributed by atoms with Gasteiger partial charge in [0.25, 0.3) is 0 Å². The van der Waals surface area contributed by atoms with Gasteiger partial charge in [0.2, 0.25) is 0 Å². The second kappa shape index (κ2) is 5.01. The predicted octanol–water partition coefficient (Wildman–Crippen LogP) is -0.0306. The highest BCUT2D eigenvalue weighted by Crippen LogP contribution is 2.56. The molecular weight excluding hydrogens is 312 g/mol. The van der Waals surface area contributed by atoms with E-state index in [2.05, 4.69) is 48.1 Å². The van der Waals surface area contributed by atoms with Crippen LogP contribution in [0.2, 0.25) is 0 Å². The number of hydrogen-bond donors (Lipinski definition) is 0. The topological polar surface area (TPSA) is 7.12 Å². The Bertz CT molecular complexity index is 445. The Balaban J connectivity index is 0.00000121. The molecule has 0 atom stereocenters.